The van der Waals surface area contributed by atoms with Gasteiger partial charge in [0.1, 0.15) is 6.04 Å². The molecule has 2 atom stereocenters. The number of hydrogen-bond donors (Lipinski definition) is 2. The Balaban J connectivity index is 2.33. The number of alkyl halides is 3. The van der Waals surface area contributed by atoms with E-state index in [1.165, 1.54) is 16.7 Å². The van der Waals surface area contributed by atoms with Gasteiger partial charge in [0.2, 0.25) is 0 Å². The summed E-state index contributed by atoms with van der Waals surface area (Å²) >= 11 is 1.35. The molecule has 9 heteroatoms. The van der Waals surface area contributed by atoms with Crippen LogP contribution in [0.2, 0.25) is 0 Å². The van der Waals surface area contributed by atoms with Gasteiger partial charge in [0.05, 0.1) is 5.37 Å². The third-order valence-corrected chi connectivity index (χ3v) is 4.12. The van der Waals surface area contributed by atoms with Crippen molar-refractivity contribution in [3.05, 3.63) is 0 Å². The Labute approximate surface area is 118 Å². The van der Waals surface area contributed by atoms with E-state index in [4.69, 9.17) is 5.11 Å². The number of amides is 2. The van der Waals surface area contributed by atoms with Gasteiger partial charge in [0, 0.05) is 18.7 Å². The number of carboxylic acid groups (broad SMARTS) is 1. The van der Waals surface area contributed by atoms with Crippen molar-refractivity contribution in [3.63, 3.8) is 0 Å². The fraction of sp³-hybridized carbons (Fsp3) is 0.818. The van der Waals surface area contributed by atoms with Gasteiger partial charge in [-0.15, -0.1) is 11.8 Å². The molecule has 1 heterocycles. The number of thioether (sulfide) groups is 1. The summed E-state index contributed by atoms with van der Waals surface area (Å²) in [5.74, 6) is -0.757. The molecule has 20 heavy (non-hydrogen) atoms. The topological polar surface area (TPSA) is 69.6 Å². The van der Waals surface area contributed by atoms with Crippen molar-refractivity contribution in [1.29, 1.82) is 0 Å². The summed E-state index contributed by atoms with van der Waals surface area (Å²) < 4.78 is 35.7. The Hall–Kier alpha value is -1.12. The van der Waals surface area contributed by atoms with E-state index in [2.05, 4.69) is 5.32 Å². The Bertz CT molecular complexity index is 365. The number of nitrogens with one attached hydrogen (secondary N) is 1. The molecule has 0 bridgehead atoms. The van der Waals surface area contributed by atoms with Gasteiger partial charge in [0.15, 0.2) is 0 Å². The van der Waals surface area contributed by atoms with E-state index in [-0.39, 0.29) is 24.8 Å². The van der Waals surface area contributed by atoms with Crippen LogP contribution in [0.15, 0.2) is 0 Å². The molecule has 0 spiro atoms. The first-order chi connectivity index (χ1) is 9.22. The third-order valence-electron chi connectivity index (χ3n) is 2.91. The molecule has 0 radical (unpaired) electrons. The van der Waals surface area contributed by atoms with Gasteiger partial charge in [-0.05, 0) is 19.8 Å². The number of rotatable bonds is 5. The van der Waals surface area contributed by atoms with E-state index in [9.17, 15) is 22.8 Å². The average Bonchev–Trinajstić information content (AvgIpc) is 2.69. The molecule has 0 aliphatic carbocycles. The van der Waals surface area contributed by atoms with Crippen molar-refractivity contribution in [2.75, 3.05) is 12.3 Å². The standard InChI is InChI=1S/C11H17F3N2O3S/c1-7-16(8(6-20-7)9(17)18)10(19)15-5-3-2-4-11(12,13)14/h7-8H,2-6H2,1H3,(H,15,19)(H,17,18). The lowest BCUT2D eigenvalue weighted by Crippen LogP contribution is -2.49. The second-order valence-corrected chi connectivity index (χ2v) is 5.85. The zero-order valence-electron chi connectivity index (χ0n) is 10.9. The van der Waals surface area contributed by atoms with Crippen molar-refractivity contribution in [3.8, 4) is 0 Å². The number of halogens is 3. The van der Waals surface area contributed by atoms with Crippen LogP contribution in [0.25, 0.3) is 0 Å². The van der Waals surface area contributed by atoms with Crippen LogP contribution >= 0.6 is 11.8 Å². The quantitative estimate of drug-likeness (QED) is 0.764. The monoisotopic (exact) mass is 314 g/mol. The highest BCUT2D eigenvalue weighted by atomic mass is 32.2. The molecule has 0 aromatic rings. The summed E-state index contributed by atoms with van der Waals surface area (Å²) in [5, 5.41) is 11.2. The summed E-state index contributed by atoms with van der Waals surface area (Å²) in [6.45, 7) is 1.83. The van der Waals surface area contributed by atoms with Gasteiger partial charge in [0.25, 0.3) is 0 Å². The first kappa shape index (κ1) is 16.9. The number of hydrogen-bond acceptors (Lipinski definition) is 3. The molecule has 116 valence electrons. The highest BCUT2D eigenvalue weighted by Crippen LogP contribution is 2.28. The summed E-state index contributed by atoms with van der Waals surface area (Å²) in [5.41, 5.74) is 0. The average molecular weight is 314 g/mol. The van der Waals surface area contributed by atoms with Crippen molar-refractivity contribution in [1.82, 2.24) is 10.2 Å². The fourth-order valence-corrected chi connectivity index (χ4v) is 3.05. The lowest BCUT2D eigenvalue weighted by atomic mass is 10.2. The molecule has 0 aromatic carbocycles. The van der Waals surface area contributed by atoms with Gasteiger partial charge in [-0.3, -0.25) is 4.90 Å². The summed E-state index contributed by atoms with van der Waals surface area (Å²) in [6, 6.07) is -1.42. The number of carboxylic acids is 1. The number of carbonyl (C=O) groups is 2. The molecule has 0 aromatic heterocycles. The van der Waals surface area contributed by atoms with E-state index >= 15 is 0 Å². The normalized spacial score (nSPS) is 22.9. The van der Waals surface area contributed by atoms with Crippen LogP contribution in [-0.4, -0.2) is 51.9 Å². The van der Waals surface area contributed by atoms with Crippen LogP contribution < -0.4 is 5.32 Å². The summed E-state index contributed by atoms with van der Waals surface area (Å²) in [6.07, 6.45) is -4.91. The van der Waals surface area contributed by atoms with Crippen LogP contribution in [0.1, 0.15) is 26.2 Å². The molecule has 1 rings (SSSR count). The maximum absolute atomic E-state index is 11.9. The zero-order chi connectivity index (χ0) is 15.3. The lowest BCUT2D eigenvalue weighted by molar-refractivity contribution is -0.141. The predicted octanol–water partition coefficient (Wildman–Crippen LogP) is 2.28. The molecule has 1 aliphatic rings. The highest BCUT2D eigenvalue weighted by Gasteiger charge is 2.39. The van der Waals surface area contributed by atoms with Crippen molar-refractivity contribution in [2.45, 2.75) is 43.8 Å². The van der Waals surface area contributed by atoms with E-state index in [1.54, 1.807) is 6.92 Å². The smallest absolute Gasteiger partial charge is 0.389 e. The minimum absolute atomic E-state index is 0.0591. The summed E-state index contributed by atoms with van der Waals surface area (Å²) in [7, 11) is 0. The van der Waals surface area contributed by atoms with Gasteiger partial charge in [-0.25, -0.2) is 9.59 Å². The molecular formula is C11H17F3N2O3S. The van der Waals surface area contributed by atoms with Crippen molar-refractivity contribution in [2.24, 2.45) is 0 Å². The van der Waals surface area contributed by atoms with Crippen LogP contribution in [0.5, 0.6) is 0 Å². The van der Waals surface area contributed by atoms with Crippen LogP contribution in [0.3, 0.4) is 0 Å². The molecule has 2 N–H and O–H groups in total. The minimum atomic E-state index is -4.18. The first-order valence-corrected chi connectivity index (χ1v) is 7.24. The molecule has 1 saturated heterocycles. The number of carbonyl (C=O) groups excluding carboxylic acids is 1. The molecular weight excluding hydrogens is 297 g/mol. The lowest BCUT2D eigenvalue weighted by Gasteiger charge is -2.25. The van der Waals surface area contributed by atoms with Crippen LogP contribution in [0.4, 0.5) is 18.0 Å². The van der Waals surface area contributed by atoms with Crippen molar-refractivity contribution < 1.29 is 27.9 Å². The van der Waals surface area contributed by atoms with Crippen LogP contribution in [0, 0.1) is 0 Å². The van der Waals surface area contributed by atoms with Crippen molar-refractivity contribution >= 4 is 23.8 Å². The van der Waals surface area contributed by atoms with E-state index in [0.29, 0.717) is 5.75 Å². The SMILES string of the molecule is CC1SCC(C(=O)O)N1C(=O)NCCCCC(F)(F)F. The number of nitrogens with zero attached hydrogens (tertiary/aromatic N) is 1. The van der Waals surface area contributed by atoms with Crippen LogP contribution in [-0.2, 0) is 4.79 Å². The van der Waals surface area contributed by atoms with Gasteiger partial charge < -0.3 is 10.4 Å². The van der Waals surface area contributed by atoms with E-state index in [1.807, 2.05) is 0 Å². The Morgan fingerprint density at radius 3 is 2.60 bits per heavy atom. The van der Waals surface area contributed by atoms with Gasteiger partial charge in [-0.1, -0.05) is 0 Å². The number of unbranched alkanes of at least 4 members (excludes halogenated alkanes) is 1. The first-order valence-electron chi connectivity index (χ1n) is 6.19. The maximum atomic E-state index is 11.9. The maximum Gasteiger partial charge on any atom is 0.389 e. The number of urea groups is 1. The highest BCUT2D eigenvalue weighted by molar-refractivity contribution is 8.00. The molecule has 2 unspecified atom stereocenters. The summed E-state index contributed by atoms with van der Waals surface area (Å²) in [4.78, 5) is 24.1. The predicted molar refractivity (Wildman–Crippen MR) is 68.5 cm³/mol. The zero-order valence-corrected chi connectivity index (χ0v) is 11.8. The molecule has 1 fully saturated rings. The van der Waals surface area contributed by atoms with E-state index in [0.717, 1.165) is 0 Å². The fourth-order valence-electron chi connectivity index (χ4n) is 1.88. The Morgan fingerprint density at radius 1 is 1.40 bits per heavy atom. The number of aliphatic carboxylic acids is 1. The minimum Gasteiger partial charge on any atom is -0.480 e. The molecule has 2 amide bonds. The van der Waals surface area contributed by atoms with E-state index < -0.39 is 30.6 Å². The van der Waals surface area contributed by atoms with Gasteiger partial charge >= 0.3 is 18.2 Å². The second-order valence-electron chi connectivity index (χ2n) is 4.50. The third kappa shape index (κ3) is 5.10. The molecule has 5 nitrogen and oxygen atoms in total. The molecule has 0 saturated carbocycles. The molecule has 1 aliphatic heterocycles. The van der Waals surface area contributed by atoms with Gasteiger partial charge in [-0.2, -0.15) is 13.2 Å². The Morgan fingerprint density at radius 2 is 2.05 bits per heavy atom. The largest absolute Gasteiger partial charge is 0.480 e. The Kier molecular flexibility index (Phi) is 5.97. The second kappa shape index (κ2) is 7.05.